The minimum absolute atomic E-state index is 0.0781. The van der Waals surface area contributed by atoms with Gasteiger partial charge in [-0.05, 0) is 67.1 Å². The van der Waals surface area contributed by atoms with E-state index in [0.29, 0.717) is 23.0 Å². The van der Waals surface area contributed by atoms with Crippen LogP contribution in [0.1, 0.15) is 12.8 Å². The predicted octanol–water partition coefficient (Wildman–Crippen LogP) is 6.44. The van der Waals surface area contributed by atoms with Gasteiger partial charge in [-0.25, -0.2) is 13.8 Å². The molecule has 0 amide bonds. The Morgan fingerprint density at radius 2 is 1.47 bits per heavy atom. The van der Waals surface area contributed by atoms with E-state index in [1.165, 1.54) is 36.0 Å². The van der Waals surface area contributed by atoms with Gasteiger partial charge in [-0.3, -0.25) is 9.36 Å². The first-order valence-electron chi connectivity index (χ1n) is 10.1. The Hall–Kier alpha value is -3.45. The summed E-state index contributed by atoms with van der Waals surface area (Å²) in [6.45, 7) is 0. The van der Waals surface area contributed by atoms with Gasteiger partial charge in [-0.2, -0.15) is 0 Å². The van der Waals surface area contributed by atoms with Crippen molar-refractivity contribution in [2.75, 3.05) is 5.75 Å². The Kier molecular flexibility index (Phi) is 6.66. The summed E-state index contributed by atoms with van der Waals surface area (Å²) in [6.07, 6.45) is 0.577. The highest BCUT2D eigenvalue weighted by Gasteiger charge is 2.22. The number of benzene rings is 3. The van der Waals surface area contributed by atoms with Gasteiger partial charge in [0.15, 0.2) is 5.16 Å². The van der Waals surface area contributed by atoms with Crippen molar-refractivity contribution >= 4 is 17.7 Å². The Balaban J connectivity index is 1.89. The first-order chi connectivity index (χ1) is 15.5. The number of aliphatic carboxylic acids is 1. The van der Waals surface area contributed by atoms with Gasteiger partial charge >= 0.3 is 5.97 Å². The van der Waals surface area contributed by atoms with Gasteiger partial charge in [0.1, 0.15) is 11.6 Å². The lowest BCUT2D eigenvalue weighted by Gasteiger charge is -2.13. The molecule has 1 aromatic heterocycles. The van der Waals surface area contributed by atoms with Crippen LogP contribution in [-0.2, 0) is 4.79 Å². The average Bonchev–Trinajstić information content (AvgIpc) is 3.17. The molecular weight excluding hydrogens is 430 g/mol. The maximum Gasteiger partial charge on any atom is 0.303 e. The monoisotopic (exact) mass is 450 g/mol. The number of carboxylic acid groups (broad SMARTS) is 1. The van der Waals surface area contributed by atoms with E-state index in [-0.39, 0.29) is 18.1 Å². The number of hydrogen-bond donors (Lipinski definition) is 1. The van der Waals surface area contributed by atoms with Gasteiger partial charge in [-0.1, -0.05) is 30.0 Å². The summed E-state index contributed by atoms with van der Waals surface area (Å²) in [5.41, 5.74) is 3.76. The number of thioether (sulfide) groups is 1. The smallest absolute Gasteiger partial charge is 0.303 e. The van der Waals surface area contributed by atoms with Crippen LogP contribution in [-0.4, -0.2) is 26.4 Å². The minimum Gasteiger partial charge on any atom is -0.481 e. The molecule has 0 aliphatic heterocycles. The molecule has 32 heavy (non-hydrogen) atoms. The van der Waals surface area contributed by atoms with Crippen LogP contribution in [0.25, 0.3) is 28.2 Å². The van der Waals surface area contributed by atoms with Crippen molar-refractivity contribution in [2.24, 2.45) is 0 Å². The summed E-state index contributed by atoms with van der Waals surface area (Å²) < 4.78 is 29.2. The van der Waals surface area contributed by atoms with Gasteiger partial charge in [0.2, 0.25) is 0 Å². The second kappa shape index (κ2) is 9.78. The number of imidazole rings is 1. The summed E-state index contributed by atoms with van der Waals surface area (Å²) in [5, 5.41) is 9.62. The molecule has 0 fully saturated rings. The molecule has 0 aliphatic carbocycles. The van der Waals surface area contributed by atoms with E-state index in [0.717, 1.165) is 22.5 Å². The van der Waals surface area contributed by atoms with Crippen LogP contribution in [0.5, 0.6) is 0 Å². The van der Waals surface area contributed by atoms with Crippen molar-refractivity contribution in [3.05, 3.63) is 90.5 Å². The highest BCUT2D eigenvalue weighted by atomic mass is 32.2. The van der Waals surface area contributed by atoms with Crippen molar-refractivity contribution in [2.45, 2.75) is 18.0 Å². The number of para-hydroxylation sites is 1. The Morgan fingerprint density at radius 3 is 2.06 bits per heavy atom. The second-order valence-electron chi connectivity index (χ2n) is 7.12. The number of halogens is 2. The molecule has 0 saturated heterocycles. The normalized spacial score (nSPS) is 10.9. The van der Waals surface area contributed by atoms with E-state index in [2.05, 4.69) is 0 Å². The molecule has 0 bridgehead atoms. The molecule has 4 aromatic rings. The fourth-order valence-corrected chi connectivity index (χ4v) is 4.34. The zero-order valence-corrected chi connectivity index (χ0v) is 17.9. The fourth-order valence-electron chi connectivity index (χ4n) is 3.38. The van der Waals surface area contributed by atoms with Crippen LogP contribution >= 0.6 is 11.8 Å². The molecule has 1 N–H and O–H groups in total. The van der Waals surface area contributed by atoms with Crippen LogP contribution in [0.2, 0.25) is 0 Å². The van der Waals surface area contributed by atoms with Crippen LogP contribution < -0.4 is 0 Å². The minimum atomic E-state index is -0.837. The van der Waals surface area contributed by atoms with E-state index in [1.807, 2.05) is 34.9 Å². The molecule has 4 rings (SSSR count). The summed E-state index contributed by atoms with van der Waals surface area (Å²) in [6, 6.07) is 21.9. The van der Waals surface area contributed by atoms with E-state index in [9.17, 15) is 13.6 Å². The van der Waals surface area contributed by atoms with Crippen molar-refractivity contribution in [1.29, 1.82) is 0 Å². The molecule has 0 spiro atoms. The van der Waals surface area contributed by atoms with E-state index >= 15 is 0 Å². The summed E-state index contributed by atoms with van der Waals surface area (Å²) in [4.78, 5) is 15.8. The maximum absolute atomic E-state index is 13.7. The molecule has 0 saturated carbocycles. The van der Waals surface area contributed by atoms with Gasteiger partial charge in [0.05, 0.1) is 11.4 Å². The Morgan fingerprint density at radius 1 is 0.875 bits per heavy atom. The van der Waals surface area contributed by atoms with E-state index in [1.54, 1.807) is 24.3 Å². The lowest BCUT2D eigenvalue weighted by atomic mass is 10.0. The topological polar surface area (TPSA) is 55.1 Å². The fraction of sp³-hybridized carbons (Fsp3) is 0.120. The third-order valence-electron chi connectivity index (χ3n) is 4.86. The molecule has 162 valence electrons. The average molecular weight is 451 g/mol. The number of carboxylic acids is 1. The van der Waals surface area contributed by atoms with Crippen LogP contribution in [0, 0.1) is 11.6 Å². The Bertz CT molecular complexity index is 1210. The van der Waals surface area contributed by atoms with Crippen molar-refractivity contribution in [3.8, 4) is 28.2 Å². The zero-order valence-electron chi connectivity index (χ0n) is 17.0. The zero-order chi connectivity index (χ0) is 22.5. The number of nitrogens with zero attached hydrogens (tertiary/aromatic N) is 2. The first kappa shape index (κ1) is 21.8. The van der Waals surface area contributed by atoms with E-state index in [4.69, 9.17) is 10.1 Å². The molecule has 0 unspecified atom stereocenters. The van der Waals surface area contributed by atoms with Crippen molar-refractivity contribution < 1.29 is 18.7 Å². The third kappa shape index (κ3) is 4.89. The molecule has 7 heteroatoms. The van der Waals surface area contributed by atoms with Crippen molar-refractivity contribution in [1.82, 2.24) is 9.55 Å². The number of carbonyl (C=O) groups is 1. The van der Waals surface area contributed by atoms with Gasteiger partial charge < -0.3 is 5.11 Å². The molecule has 3 aromatic carbocycles. The van der Waals surface area contributed by atoms with Gasteiger partial charge in [-0.15, -0.1) is 0 Å². The SMILES string of the molecule is O=C(O)CCCSc1nc(-c2ccc(F)cc2)c(-c2ccc(F)cc2)n1-c1ccccc1. The molecule has 1 heterocycles. The molecule has 0 atom stereocenters. The van der Waals surface area contributed by atoms with E-state index < -0.39 is 5.97 Å². The summed E-state index contributed by atoms with van der Waals surface area (Å²) in [5.74, 6) is -0.952. The number of hydrogen-bond acceptors (Lipinski definition) is 3. The summed E-state index contributed by atoms with van der Waals surface area (Å²) >= 11 is 1.45. The number of aromatic nitrogens is 2. The van der Waals surface area contributed by atoms with Crippen molar-refractivity contribution in [3.63, 3.8) is 0 Å². The van der Waals surface area contributed by atoms with Gasteiger partial charge in [0, 0.05) is 29.0 Å². The lowest BCUT2D eigenvalue weighted by molar-refractivity contribution is -0.137. The first-order valence-corrected chi connectivity index (χ1v) is 11.1. The Labute approximate surface area is 188 Å². The highest BCUT2D eigenvalue weighted by molar-refractivity contribution is 7.99. The van der Waals surface area contributed by atoms with Gasteiger partial charge in [0.25, 0.3) is 0 Å². The maximum atomic E-state index is 13.7. The molecule has 0 aliphatic rings. The number of rotatable bonds is 8. The standard InChI is InChI=1S/C25H20F2N2O2S/c26-19-12-8-17(9-13-19)23-24(18-10-14-20(27)15-11-18)29(21-5-2-1-3-6-21)25(28-23)32-16-4-7-22(30)31/h1-3,5-6,8-15H,4,7,16H2,(H,30,31). The quantitative estimate of drug-likeness (QED) is 0.248. The van der Waals surface area contributed by atoms with Crippen LogP contribution in [0.3, 0.4) is 0 Å². The largest absolute Gasteiger partial charge is 0.481 e. The second-order valence-corrected chi connectivity index (χ2v) is 8.18. The van der Waals surface area contributed by atoms with Crippen LogP contribution in [0.15, 0.2) is 84.0 Å². The molecule has 4 nitrogen and oxygen atoms in total. The highest BCUT2D eigenvalue weighted by Crippen LogP contribution is 2.38. The molecule has 0 radical (unpaired) electrons. The molecular formula is C25H20F2N2O2S. The van der Waals surface area contributed by atoms with Crippen LogP contribution in [0.4, 0.5) is 8.78 Å². The summed E-state index contributed by atoms with van der Waals surface area (Å²) in [7, 11) is 0. The lowest BCUT2D eigenvalue weighted by Crippen LogP contribution is -2.00. The predicted molar refractivity (Wildman–Crippen MR) is 122 cm³/mol. The third-order valence-corrected chi connectivity index (χ3v) is 5.89.